The van der Waals surface area contributed by atoms with Crippen molar-refractivity contribution in [2.24, 2.45) is 0 Å². The van der Waals surface area contributed by atoms with Crippen LogP contribution in [0.25, 0.3) is 11.1 Å². The summed E-state index contributed by atoms with van der Waals surface area (Å²) in [6.45, 7) is 0. The van der Waals surface area contributed by atoms with Gasteiger partial charge in [-0.1, -0.05) is 42.5 Å². The molecule has 0 amide bonds. The first-order valence-electron chi connectivity index (χ1n) is 4.72. The van der Waals surface area contributed by atoms with E-state index in [0.29, 0.717) is 5.56 Å². The first-order chi connectivity index (χ1) is 7.59. The van der Waals surface area contributed by atoms with E-state index in [4.69, 9.17) is 0 Å². The van der Waals surface area contributed by atoms with E-state index in [1.807, 2.05) is 0 Å². The van der Waals surface area contributed by atoms with Crippen LogP contribution in [0.3, 0.4) is 0 Å². The van der Waals surface area contributed by atoms with Gasteiger partial charge in [-0.2, -0.15) is 13.2 Å². The summed E-state index contributed by atoms with van der Waals surface area (Å²) in [5, 5.41) is 0. The summed E-state index contributed by atoms with van der Waals surface area (Å²) < 4.78 is 38.2. The summed E-state index contributed by atoms with van der Waals surface area (Å²) in [7, 11) is 0. The fourth-order valence-corrected chi connectivity index (χ4v) is 1.55. The SMILES string of the molecule is FC(F)(F)c1ccccc1-c1cc[c]cc1. The van der Waals surface area contributed by atoms with Gasteiger partial charge in [0, 0.05) is 0 Å². The van der Waals surface area contributed by atoms with Gasteiger partial charge >= 0.3 is 6.18 Å². The molecule has 0 heterocycles. The molecule has 3 heteroatoms. The van der Waals surface area contributed by atoms with Gasteiger partial charge in [-0.05, 0) is 23.3 Å². The zero-order valence-electron chi connectivity index (χ0n) is 8.25. The topological polar surface area (TPSA) is 0 Å². The number of hydrogen-bond donors (Lipinski definition) is 0. The normalized spacial score (nSPS) is 11.4. The van der Waals surface area contributed by atoms with Crippen molar-refractivity contribution in [2.75, 3.05) is 0 Å². The van der Waals surface area contributed by atoms with Crippen molar-refractivity contribution >= 4 is 0 Å². The van der Waals surface area contributed by atoms with E-state index in [2.05, 4.69) is 6.07 Å². The average molecular weight is 221 g/mol. The highest BCUT2D eigenvalue weighted by Gasteiger charge is 2.33. The Balaban J connectivity index is 2.58. The summed E-state index contributed by atoms with van der Waals surface area (Å²) in [6, 6.07) is 14.8. The molecule has 0 saturated heterocycles. The first kappa shape index (κ1) is 10.7. The maximum atomic E-state index is 12.7. The lowest BCUT2D eigenvalue weighted by molar-refractivity contribution is -0.137. The smallest absolute Gasteiger partial charge is 0.166 e. The molecule has 0 nitrogen and oxygen atoms in total. The van der Waals surface area contributed by atoms with Crippen molar-refractivity contribution in [3.8, 4) is 11.1 Å². The standard InChI is InChI=1S/C13H8F3/c14-13(15,16)12-9-5-4-8-11(12)10-6-2-1-3-7-10/h2-9H. The Labute approximate surface area is 91.4 Å². The summed E-state index contributed by atoms with van der Waals surface area (Å²) >= 11 is 0. The van der Waals surface area contributed by atoms with E-state index in [1.165, 1.54) is 12.1 Å². The van der Waals surface area contributed by atoms with Gasteiger partial charge in [-0.25, -0.2) is 0 Å². The maximum absolute atomic E-state index is 12.7. The highest BCUT2D eigenvalue weighted by molar-refractivity contribution is 5.67. The van der Waals surface area contributed by atoms with Crippen molar-refractivity contribution in [2.45, 2.75) is 6.18 Å². The average Bonchev–Trinajstić information content (AvgIpc) is 2.29. The second-order valence-electron chi connectivity index (χ2n) is 3.33. The maximum Gasteiger partial charge on any atom is 0.417 e. The predicted octanol–water partition coefficient (Wildman–Crippen LogP) is 4.17. The number of hydrogen-bond acceptors (Lipinski definition) is 0. The van der Waals surface area contributed by atoms with Gasteiger partial charge in [0.15, 0.2) is 0 Å². The Bertz CT molecular complexity index is 472. The highest BCUT2D eigenvalue weighted by atomic mass is 19.4. The molecule has 81 valence electrons. The van der Waals surface area contributed by atoms with Crippen LogP contribution in [0.15, 0.2) is 48.5 Å². The minimum atomic E-state index is -4.32. The first-order valence-corrected chi connectivity index (χ1v) is 4.72. The van der Waals surface area contributed by atoms with Crippen LogP contribution in [-0.4, -0.2) is 0 Å². The van der Waals surface area contributed by atoms with Gasteiger partial charge in [-0.15, -0.1) is 0 Å². The number of alkyl halides is 3. The minimum Gasteiger partial charge on any atom is -0.166 e. The Morgan fingerprint density at radius 1 is 0.875 bits per heavy atom. The molecule has 2 aromatic carbocycles. The van der Waals surface area contributed by atoms with Crippen molar-refractivity contribution in [1.82, 2.24) is 0 Å². The molecule has 0 unspecified atom stereocenters. The lowest BCUT2D eigenvalue weighted by atomic mass is 9.99. The molecule has 0 bridgehead atoms. The van der Waals surface area contributed by atoms with Crippen LogP contribution in [0.2, 0.25) is 0 Å². The molecule has 0 spiro atoms. The molecule has 0 saturated carbocycles. The molecule has 0 atom stereocenters. The third-order valence-corrected chi connectivity index (χ3v) is 2.26. The van der Waals surface area contributed by atoms with E-state index in [9.17, 15) is 13.2 Å². The van der Waals surface area contributed by atoms with Crippen molar-refractivity contribution in [3.63, 3.8) is 0 Å². The zero-order chi connectivity index (χ0) is 11.6. The molecule has 0 aliphatic heterocycles. The molecule has 0 fully saturated rings. The Hall–Kier alpha value is -1.77. The van der Waals surface area contributed by atoms with Gasteiger partial charge in [-0.3, -0.25) is 0 Å². The van der Waals surface area contributed by atoms with E-state index >= 15 is 0 Å². The third-order valence-electron chi connectivity index (χ3n) is 2.26. The van der Waals surface area contributed by atoms with Crippen molar-refractivity contribution in [1.29, 1.82) is 0 Å². The summed E-state index contributed by atoms with van der Waals surface area (Å²) in [5.74, 6) is 0. The Morgan fingerprint density at radius 3 is 2.12 bits per heavy atom. The van der Waals surface area contributed by atoms with E-state index < -0.39 is 11.7 Å². The molecule has 0 aromatic heterocycles. The van der Waals surface area contributed by atoms with Crippen LogP contribution >= 0.6 is 0 Å². The van der Waals surface area contributed by atoms with Crippen LogP contribution in [0, 0.1) is 6.07 Å². The number of rotatable bonds is 1. The van der Waals surface area contributed by atoms with Gasteiger partial charge in [0.25, 0.3) is 0 Å². The Kier molecular flexibility index (Phi) is 2.69. The largest absolute Gasteiger partial charge is 0.417 e. The minimum absolute atomic E-state index is 0.198. The fourth-order valence-electron chi connectivity index (χ4n) is 1.55. The van der Waals surface area contributed by atoms with Crippen LogP contribution in [0.1, 0.15) is 5.56 Å². The highest BCUT2D eigenvalue weighted by Crippen LogP contribution is 2.36. The van der Waals surface area contributed by atoms with E-state index in [0.717, 1.165) is 6.07 Å². The van der Waals surface area contributed by atoms with Crippen LogP contribution < -0.4 is 0 Å². The number of benzene rings is 2. The molecular formula is C13H8F3. The lowest BCUT2D eigenvalue weighted by Gasteiger charge is -2.12. The molecule has 16 heavy (non-hydrogen) atoms. The van der Waals surface area contributed by atoms with Gasteiger partial charge in [0.1, 0.15) is 0 Å². The molecule has 0 N–H and O–H groups in total. The van der Waals surface area contributed by atoms with Crippen LogP contribution in [-0.2, 0) is 6.18 Å². The molecule has 0 aliphatic rings. The number of halogens is 3. The second-order valence-corrected chi connectivity index (χ2v) is 3.33. The monoisotopic (exact) mass is 221 g/mol. The lowest BCUT2D eigenvalue weighted by Crippen LogP contribution is -2.06. The zero-order valence-corrected chi connectivity index (χ0v) is 8.25. The Morgan fingerprint density at radius 2 is 1.50 bits per heavy atom. The van der Waals surface area contributed by atoms with Crippen LogP contribution in [0.4, 0.5) is 13.2 Å². The molecular weight excluding hydrogens is 213 g/mol. The molecule has 0 aliphatic carbocycles. The van der Waals surface area contributed by atoms with Gasteiger partial charge < -0.3 is 0 Å². The van der Waals surface area contributed by atoms with Crippen molar-refractivity contribution in [3.05, 3.63) is 60.2 Å². The van der Waals surface area contributed by atoms with Crippen LogP contribution in [0.5, 0.6) is 0 Å². The molecule has 2 rings (SSSR count). The summed E-state index contributed by atoms with van der Waals surface area (Å²) in [4.78, 5) is 0. The van der Waals surface area contributed by atoms with Gasteiger partial charge in [0.2, 0.25) is 0 Å². The van der Waals surface area contributed by atoms with E-state index in [-0.39, 0.29) is 5.56 Å². The van der Waals surface area contributed by atoms with Gasteiger partial charge in [0.05, 0.1) is 5.56 Å². The summed E-state index contributed by atoms with van der Waals surface area (Å²) in [5.41, 5.74) is 0.136. The quantitative estimate of drug-likeness (QED) is 0.677. The fraction of sp³-hybridized carbons (Fsp3) is 0.0769. The predicted molar refractivity (Wildman–Crippen MR) is 55.7 cm³/mol. The molecule has 1 radical (unpaired) electrons. The summed E-state index contributed by atoms with van der Waals surface area (Å²) in [6.07, 6.45) is -4.32. The second kappa shape index (κ2) is 4.00. The van der Waals surface area contributed by atoms with E-state index in [1.54, 1.807) is 30.3 Å². The third kappa shape index (κ3) is 2.08. The van der Waals surface area contributed by atoms with Crippen molar-refractivity contribution < 1.29 is 13.2 Å². The molecule has 2 aromatic rings.